The summed E-state index contributed by atoms with van der Waals surface area (Å²) in [6.45, 7) is 18.5. The summed E-state index contributed by atoms with van der Waals surface area (Å²) in [6.07, 6.45) is 10.5. The number of epoxide rings is 1. The molecule has 0 bridgehead atoms. The molecule has 34 heavy (non-hydrogen) atoms. The van der Waals surface area contributed by atoms with Gasteiger partial charge in [-0.05, 0) is 132 Å². The highest BCUT2D eigenvalue weighted by molar-refractivity contribution is 5.24. The van der Waals surface area contributed by atoms with E-state index in [1.807, 2.05) is 0 Å². The van der Waals surface area contributed by atoms with Gasteiger partial charge in [-0.25, -0.2) is 0 Å². The zero-order chi connectivity index (χ0) is 25.4. The Bertz CT molecular complexity index is 757. The molecule has 3 saturated carbocycles. The topological polar surface area (TPSA) is 73.2 Å². The molecule has 1 heterocycles. The van der Waals surface area contributed by atoms with Crippen molar-refractivity contribution < 1.29 is 20.1 Å². The Balaban J connectivity index is 1.57. The van der Waals surface area contributed by atoms with Gasteiger partial charge in [-0.3, -0.25) is 0 Å². The van der Waals surface area contributed by atoms with Crippen molar-refractivity contribution in [1.82, 2.24) is 0 Å². The molecule has 0 amide bonds. The number of aliphatic hydroxyl groups excluding tert-OH is 2. The van der Waals surface area contributed by atoms with Gasteiger partial charge in [0, 0.05) is 6.61 Å². The highest BCUT2D eigenvalue weighted by Crippen LogP contribution is 2.77. The predicted molar refractivity (Wildman–Crippen MR) is 137 cm³/mol. The molecule has 198 valence electrons. The van der Waals surface area contributed by atoms with Crippen molar-refractivity contribution in [1.29, 1.82) is 0 Å². The van der Waals surface area contributed by atoms with Gasteiger partial charge in [-0.2, -0.15) is 0 Å². The van der Waals surface area contributed by atoms with Crippen LogP contribution >= 0.6 is 0 Å². The van der Waals surface area contributed by atoms with Crippen LogP contribution in [0.15, 0.2) is 0 Å². The maximum Gasteiger partial charge on any atom is 0.101 e. The average molecular weight is 479 g/mol. The standard InChI is InChI=1S/C30H54O4/c1-20(11-12-24(32)25(2,3)33)21-13-15-29(8)22-14-16-30(26(4,5)34-30)23(10-9-19-31)27(22,6)17-18-28(21,29)7/h20-24,31-33H,9-19H2,1-8H3/t20-,21-,22-,23-,24-,27+,28-,29+,30-/m0/s1. The van der Waals surface area contributed by atoms with Gasteiger partial charge in [0.05, 0.1) is 17.3 Å². The summed E-state index contributed by atoms with van der Waals surface area (Å²) >= 11 is 0. The van der Waals surface area contributed by atoms with E-state index in [0.717, 1.165) is 19.3 Å². The molecular weight excluding hydrogens is 424 g/mol. The van der Waals surface area contributed by atoms with Crippen molar-refractivity contribution in [2.24, 2.45) is 39.9 Å². The Labute approximate surface area is 209 Å². The van der Waals surface area contributed by atoms with Crippen molar-refractivity contribution in [3.05, 3.63) is 0 Å². The molecule has 4 fully saturated rings. The van der Waals surface area contributed by atoms with Crippen LogP contribution in [0.2, 0.25) is 0 Å². The fourth-order valence-electron chi connectivity index (χ4n) is 10.1. The summed E-state index contributed by atoms with van der Waals surface area (Å²) in [5.41, 5.74) is -0.133. The van der Waals surface area contributed by atoms with Crippen LogP contribution < -0.4 is 0 Å². The Morgan fingerprint density at radius 1 is 0.941 bits per heavy atom. The molecule has 3 N–H and O–H groups in total. The number of hydrogen-bond donors (Lipinski definition) is 3. The van der Waals surface area contributed by atoms with E-state index >= 15 is 0 Å². The fourth-order valence-corrected chi connectivity index (χ4v) is 10.1. The normalized spacial score (nSPS) is 47.2. The number of hydrogen-bond acceptors (Lipinski definition) is 4. The lowest BCUT2D eigenvalue weighted by molar-refractivity contribution is -0.173. The number of ether oxygens (including phenoxy) is 1. The molecule has 1 spiro atoms. The highest BCUT2D eigenvalue weighted by atomic mass is 16.6. The van der Waals surface area contributed by atoms with Gasteiger partial charge in [-0.1, -0.05) is 27.7 Å². The second-order valence-corrected chi connectivity index (χ2v) is 14.7. The zero-order valence-corrected chi connectivity index (χ0v) is 23.4. The first-order valence-corrected chi connectivity index (χ1v) is 14.3. The van der Waals surface area contributed by atoms with E-state index < -0.39 is 11.7 Å². The molecule has 0 aromatic heterocycles. The van der Waals surface area contributed by atoms with Gasteiger partial charge in [0.15, 0.2) is 0 Å². The molecule has 0 aromatic carbocycles. The first kappa shape index (κ1) is 26.9. The SMILES string of the molecule is C[C@@H](CC[C@H](O)C(C)(C)O)[C@@H]1CC[C@]2(C)[C@H]3CC[C@]4(OC4(C)C)[C@@H](CCCO)[C@]3(C)CC[C@@]12C. The lowest BCUT2D eigenvalue weighted by Gasteiger charge is -2.65. The van der Waals surface area contributed by atoms with Crippen molar-refractivity contribution in [3.8, 4) is 0 Å². The average Bonchev–Trinajstić information content (AvgIpc) is 3.15. The predicted octanol–water partition coefficient (Wildman–Crippen LogP) is 6.10. The van der Waals surface area contributed by atoms with Gasteiger partial charge >= 0.3 is 0 Å². The van der Waals surface area contributed by atoms with Crippen molar-refractivity contribution in [2.75, 3.05) is 6.61 Å². The van der Waals surface area contributed by atoms with Gasteiger partial charge in [0.1, 0.15) is 5.60 Å². The van der Waals surface area contributed by atoms with E-state index in [4.69, 9.17) is 4.74 Å². The third-order valence-corrected chi connectivity index (χ3v) is 12.5. The minimum Gasteiger partial charge on any atom is -0.396 e. The Kier molecular flexibility index (Phi) is 6.67. The molecule has 1 saturated heterocycles. The van der Waals surface area contributed by atoms with E-state index in [1.165, 1.54) is 38.5 Å². The zero-order valence-electron chi connectivity index (χ0n) is 23.4. The van der Waals surface area contributed by atoms with Gasteiger partial charge < -0.3 is 20.1 Å². The summed E-state index contributed by atoms with van der Waals surface area (Å²) < 4.78 is 6.54. The van der Waals surface area contributed by atoms with Crippen molar-refractivity contribution in [3.63, 3.8) is 0 Å². The molecule has 4 nitrogen and oxygen atoms in total. The molecule has 9 atom stereocenters. The maximum absolute atomic E-state index is 10.4. The summed E-state index contributed by atoms with van der Waals surface area (Å²) in [4.78, 5) is 0. The smallest absolute Gasteiger partial charge is 0.101 e. The van der Waals surface area contributed by atoms with E-state index in [2.05, 4.69) is 41.5 Å². The fraction of sp³-hybridized carbons (Fsp3) is 1.00. The molecule has 0 unspecified atom stereocenters. The summed E-state index contributed by atoms with van der Waals surface area (Å²) in [6, 6.07) is 0. The summed E-state index contributed by atoms with van der Waals surface area (Å²) in [5, 5.41) is 30.3. The first-order valence-electron chi connectivity index (χ1n) is 14.3. The lowest BCUT2D eigenvalue weighted by atomic mass is 9.39. The Morgan fingerprint density at radius 2 is 1.59 bits per heavy atom. The highest BCUT2D eigenvalue weighted by Gasteiger charge is 2.76. The maximum atomic E-state index is 10.4. The third kappa shape index (κ3) is 3.75. The lowest BCUT2D eigenvalue weighted by Crippen LogP contribution is -2.61. The minimum atomic E-state index is -1.03. The van der Waals surface area contributed by atoms with Gasteiger partial charge in [0.2, 0.25) is 0 Å². The van der Waals surface area contributed by atoms with Crippen LogP contribution in [0.5, 0.6) is 0 Å². The largest absolute Gasteiger partial charge is 0.396 e. The molecule has 4 rings (SSSR count). The third-order valence-electron chi connectivity index (χ3n) is 12.5. The summed E-state index contributed by atoms with van der Waals surface area (Å²) in [5.74, 6) is 2.46. The molecular formula is C30H54O4. The van der Waals surface area contributed by atoms with Crippen LogP contribution in [0.3, 0.4) is 0 Å². The van der Waals surface area contributed by atoms with Crippen molar-refractivity contribution >= 4 is 0 Å². The molecule has 0 radical (unpaired) electrons. The van der Waals surface area contributed by atoms with Crippen molar-refractivity contribution in [2.45, 2.75) is 143 Å². The monoisotopic (exact) mass is 478 g/mol. The molecule has 4 aliphatic rings. The quantitative estimate of drug-likeness (QED) is 0.368. The van der Waals surface area contributed by atoms with Gasteiger partial charge in [0.25, 0.3) is 0 Å². The second kappa shape index (κ2) is 8.43. The number of aliphatic hydroxyl groups is 3. The Morgan fingerprint density at radius 3 is 2.15 bits per heavy atom. The van der Waals surface area contributed by atoms with E-state index in [9.17, 15) is 15.3 Å². The van der Waals surface area contributed by atoms with E-state index in [0.29, 0.717) is 40.9 Å². The number of fused-ring (bicyclic) bond motifs is 3. The van der Waals surface area contributed by atoms with Gasteiger partial charge in [-0.15, -0.1) is 0 Å². The van der Waals surface area contributed by atoms with Crippen LogP contribution in [0, 0.1) is 39.9 Å². The number of rotatable bonds is 8. The van der Waals surface area contributed by atoms with Crippen LogP contribution in [-0.4, -0.2) is 44.8 Å². The van der Waals surface area contributed by atoms with Crippen LogP contribution in [0.1, 0.15) is 120 Å². The van der Waals surface area contributed by atoms with E-state index in [1.54, 1.807) is 13.8 Å². The van der Waals surface area contributed by atoms with E-state index in [-0.39, 0.29) is 23.2 Å². The molecule has 1 aliphatic heterocycles. The summed E-state index contributed by atoms with van der Waals surface area (Å²) in [7, 11) is 0. The molecule has 4 heteroatoms. The van der Waals surface area contributed by atoms with Crippen LogP contribution in [0.4, 0.5) is 0 Å². The molecule has 0 aromatic rings. The van der Waals surface area contributed by atoms with Crippen LogP contribution in [0.25, 0.3) is 0 Å². The molecule has 3 aliphatic carbocycles. The Hall–Kier alpha value is -0.160. The minimum absolute atomic E-state index is 0.00998. The second-order valence-electron chi connectivity index (χ2n) is 14.7. The first-order chi connectivity index (χ1) is 15.6. The van der Waals surface area contributed by atoms with Crippen LogP contribution in [-0.2, 0) is 4.74 Å².